The molecule has 2 aliphatic rings. The first-order valence-corrected chi connectivity index (χ1v) is 11.2. The van der Waals surface area contributed by atoms with E-state index in [0.717, 1.165) is 50.0 Å². The summed E-state index contributed by atoms with van der Waals surface area (Å²) < 4.78 is 16.6. The average molecular weight is 419 g/mol. The Hall–Kier alpha value is -1.77. The molecule has 6 nitrogen and oxygen atoms in total. The first-order chi connectivity index (χ1) is 14.3. The van der Waals surface area contributed by atoms with Gasteiger partial charge in [-0.25, -0.2) is 0 Å². The van der Waals surface area contributed by atoms with Gasteiger partial charge in [0.2, 0.25) is 11.8 Å². The number of methoxy groups -OCH3 is 1. The van der Waals surface area contributed by atoms with E-state index in [1.165, 1.54) is 15.4 Å². The van der Waals surface area contributed by atoms with Crippen LogP contribution in [-0.2, 0) is 9.47 Å². The van der Waals surface area contributed by atoms with Crippen molar-refractivity contribution in [1.82, 2.24) is 0 Å². The first kappa shape index (κ1) is 20.5. The largest absolute Gasteiger partial charge is 0.497 e. The van der Waals surface area contributed by atoms with Crippen LogP contribution < -0.4 is 14.5 Å². The van der Waals surface area contributed by atoms with E-state index < -0.39 is 0 Å². The molecule has 2 unspecified atom stereocenters. The summed E-state index contributed by atoms with van der Waals surface area (Å²) >= 11 is 1.54. The van der Waals surface area contributed by atoms with Crippen molar-refractivity contribution in [2.75, 3.05) is 59.7 Å². The van der Waals surface area contributed by atoms with E-state index in [4.69, 9.17) is 14.2 Å². The van der Waals surface area contributed by atoms with Crippen molar-refractivity contribution in [3.63, 3.8) is 0 Å². The van der Waals surface area contributed by atoms with Crippen molar-refractivity contribution >= 4 is 17.1 Å². The van der Waals surface area contributed by atoms with Crippen LogP contribution in [0.5, 0.6) is 5.75 Å². The standard InChI is InChI=1S/C22H28N2O4S/c1-26-18-6-4-17(5-7-18)20(23-8-12-27-13-9-23)21(24-10-14-28-15-11-24)22(25)19-3-2-16-29-19/h2-7,16,20-21H,8-15H2,1H3/p+2. The first-order valence-electron chi connectivity index (χ1n) is 10.3. The number of morpholine rings is 2. The second-order valence-electron chi connectivity index (χ2n) is 7.61. The molecule has 0 radical (unpaired) electrons. The fourth-order valence-corrected chi connectivity index (χ4v) is 5.21. The molecule has 1 aromatic heterocycles. The summed E-state index contributed by atoms with van der Waals surface area (Å²) in [5, 5.41) is 1.99. The molecule has 2 N–H and O–H groups in total. The van der Waals surface area contributed by atoms with Gasteiger partial charge < -0.3 is 24.0 Å². The van der Waals surface area contributed by atoms with Crippen molar-refractivity contribution in [2.24, 2.45) is 0 Å². The molecular formula is C22H30N2O4S+2. The number of ketones is 1. The van der Waals surface area contributed by atoms with Gasteiger partial charge in [0.25, 0.3) is 0 Å². The molecule has 4 rings (SSSR count). The Balaban J connectivity index is 1.74. The van der Waals surface area contributed by atoms with Crippen LogP contribution >= 0.6 is 11.3 Å². The van der Waals surface area contributed by atoms with Crippen LogP contribution in [0.2, 0.25) is 0 Å². The number of hydrogen-bond donors (Lipinski definition) is 2. The van der Waals surface area contributed by atoms with Gasteiger partial charge in [0.05, 0.1) is 38.4 Å². The lowest BCUT2D eigenvalue weighted by Crippen LogP contribution is -3.25. The van der Waals surface area contributed by atoms with E-state index in [0.29, 0.717) is 13.2 Å². The van der Waals surface area contributed by atoms with Gasteiger partial charge >= 0.3 is 0 Å². The highest BCUT2D eigenvalue weighted by Gasteiger charge is 2.46. The van der Waals surface area contributed by atoms with Crippen LogP contribution in [0.4, 0.5) is 0 Å². The number of carbonyl (C=O) groups is 1. The van der Waals surface area contributed by atoms with Gasteiger partial charge in [-0.3, -0.25) is 4.79 Å². The third-order valence-corrected chi connectivity index (χ3v) is 6.89. The van der Waals surface area contributed by atoms with E-state index in [2.05, 4.69) is 12.1 Å². The summed E-state index contributed by atoms with van der Waals surface area (Å²) in [6.45, 7) is 6.43. The molecule has 0 aliphatic carbocycles. The molecule has 0 bridgehead atoms. The van der Waals surface area contributed by atoms with Gasteiger partial charge in [0.1, 0.15) is 31.9 Å². The van der Waals surface area contributed by atoms with Crippen LogP contribution in [0.3, 0.4) is 0 Å². The molecule has 2 fully saturated rings. The lowest BCUT2D eigenvalue weighted by molar-refractivity contribution is -0.999. The smallest absolute Gasteiger partial charge is 0.236 e. The fourth-order valence-electron chi connectivity index (χ4n) is 4.51. The van der Waals surface area contributed by atoms with Gasteiger partial charge in [-0.05, 0) is 35.7 Å². The van der Waals surface area contributed by atoms with E-state index in [1.54, 1.807) is 18.4 Å². The third-order valence-electron chi connectivity index (χ3n) is 6.00. The predicted molar refractivity (Wildman–Crippen MR) is 111 cm³/mol. The molecule has 2 atom stereocenters. The van der Waals surface area contributed by atoms with Crippen LogP contribution in [0.15, 0.2) is 41.8 Å². The molecule has 0 spiro atoms. The van der Waals surface area contributed by atoms with Gasteiger partial charge in [0, 0.05) is 5.56 Å². The highest BCUT2D eigenvalue weighted by molar-refractivity contribution is 7.12. The highest BCUT2D eigenvalue weighted by atomic mass is 32.1. The predicted octanol–water partition coefficient (Wildman–Crippen LogP) is -0.120. The molecule has 29 heavy (non-hydrogen) atoms. The van der Waals surface area contributed by atoms with Crippen LogP contribution in [-0.4, -0.2) is 71.5 Å². The van der Waals surface area contributed by atoms with Crippen molar-refractivity contribution < 1.29 is 28.8 Å². The van der Waals surface area contributed by atoms with Crippen molar-refractivity contribution in [2.45, 2.75) is 12.1 Å². The lowest BCUT2D eigenvalue weighted by atomic mass is 9.91. The summed E-state index contributed by atoms with van der Waals surface area (Å²) in [5.41, 5.74) is 1.19. The van der Waals surface area contributed by atoms with Crippen LogP contribution in [0.1, 0.15) is 21.3 Å². The summed E-state index contributed by atoms with van der Waals surface area (Å²) in [4.78, 5) is 17.4. The maximum Gasteiger partial charge on any atom is 0.236 e. The Labute approximate surface area is 176 Å². The second-order valence-corrected chi connectivity index (χ2v) is 8.56. The number of hydrogen-bond acceptors (Lipinski definition) is 5. The number of Topliss-reactive ketones (excluding diaryl/α,β-unsaturated/α-hetero) is 1. The molecule has 156 valence electrons. The van der Waals surface area contributed by atoms with Crippen molar-refractivity contribution in [1.29, 1.82) is 0 Å². The van der Waals surface area contributed by atoms with Gasteiger partial charge in [0.15, 0.2) is 6.04 Å². The Morgan fingerprint density at radius 3 is 2.14 bits per heavy atom. The summed E-state index contributed by atoms with van der Waals surface area (Å²) in [7, 11) is 1.68. The van der Waals surface area contributed by atoms with E-state index in [1.807, 2.05) is 29.6 Å². The maximum atomic E-state index is 13.8. The van der Waals surface area contributed by atoms with Gasteiger partial charge in [-0.1, -0.05) is 6.07 Å². The number of rotatable bonds is 7. The minimum absolute atomic E-state index is 0.0764. The molecule has 3 heterocycles. The average Bonchev–Trinajstić information content (AvgIpc) is 3.33. The van der Waals surface area contributed by atoms with Crippen LogP contribution in [0.25, 0.3) is 0 Å². The number of nitrogens with one attached hydrogen (secondary N) is 2. The maximum absolute atomic E-state index is 13.8. The number of ether oxygens (including phenoxy) is 3. The molecule has 0 saturated carbocycles. The van der Waals surface area contributed by atoms with E-state index in [9.17, 15) is 4.79 Å². The molecule has 0 amide bonds. The van der Waals surface area contributed by atoms with Crippen molar-refractivity contribution in [3.05, 3.63) is 52.2 Å². The summed E-state index contributed by atoms with van der Waals surface area (Å²) in [5.74, 6) is 1.08. The Bertz CT molecular complexity index is 769. The minimum atomic E-state index is -0.140. The number of thiophene rings is 1. The fraction of sp³-hybridized carbons (Fsp3) is 0.500. The molecule has 7 heteroatoms. The Morgan fingerprint density at radius 1 is 0.966 bits per heavy atom. The Kier molecular flexibility index (Phi) is 6.94. The SMILES string of the molecule is COc1ccc(C(C(C(=O)c2cccs2)[NH+]2CCOCC2)[NH+]2CCOCC2)cc1. The molecular weight excluding hydrogens is 388 g/mol. The van der Waals surface area contributed by atoms with Gasteiger partial charge in [-0.15, -0.1) is 11.3 Å². The quantitative estimate of drug-likeness (QED) is 0.616. The van der Waals surface area contributed by atoms with Gasteiger partial charge in [-0.2, -0.15) is 0 Å². The van der Waals surface area contributed by atoms with E-state index in [-0.39, 0.29) is 17.9 Å². The zero-order chi connectivity index (χ0) is 20.1. The lowest BCUT2D eigenvalue weighted by Gasteiger charge is -2.39. The van der Waals surface area contributed by atoms with E-state index >= 15 is 0 Å². The second kappa shape index (κ2) is 9.82. The monoisotopic (exact) mass is 418 g/mol. The Morgan fingerprint density at radius 2 is 1.59 bits per heavy atom. The number of quaternary nitrogens is 2. The molecule has 2 aliphatic heterocycles. The van der Waals surface area contributed by atoms with Crippen molar-refractivity contribution in [3.8, 4) is 5.75 Å². The number of benzene rings is 1. The minimum Gasteiger partial charge on any atom is -0.497 e. The summed E-state index contributed by atoms with van der Waals surface area (Å²) in [6.07, 6.45) is 0. The topological polar surface area (TPSA) is 53.6 Å². The zero-order valence-electron chi connectivity index (χ0n) is 16.9. The molecule has 2 aromatic rings. The third kappa shape index (κ3) is 4.70. The molecule has 1 aromatic carbocycles. The normalized spacial score (nSPS) is 20.9. The zero-order valence-corrected chi connectivity index (χ0v) is 17.7. The highest BCUT2D eigenvalue weighted by Crippen LogP contribution is 2.22. The number of carbonyl (C=O) groups excluding carboxylic acids is 1. The molecule has 2 saturated heterocycles. The summed E-state index contributed by atoms with van der Waals surface area (Å²) in [6, 6.07) is 12.1. The van der Waals surface area contributed by atoms with Crippen LogP contribution in [0, 0.1) is 0 Å².